The Bertz CT molecular complexity index is 584. The molecule has 1 atom stereocenters. The first-order valence-electron chi connectivity index (χ1n) is 7.18. The summed E-state index contributed by atoms with van der Waals surface area (Å²) in [5.74, 6) is -0.632. The molecule has 0 aliphatic carbocycles. The van der Waals surface area contributed by atoms with E-state index in [4.69, 9.17) is 4.74 Å². The molecule has 0 bridgehead atoms. The van der Waals surface area contributed by atoms with E-state index in [9.17, 15) is 13.2 Å². The van der Waals surface area contributed by atoms with Gasteiger partial charge in [0.05, 0.1) is 6.61 Å². The number of anilines is 1. The molecule has 1 rings (SSSR count). The van der Waals surface area contributed by atoms with Crippen molar-refractivity contribution in [2.24, 2.45) is 0 Å². The van der Waals surface area contributed by atoms with Crippen LogP contribution in [0, 0.1) is 0 Å². The van der Waals surface area contributed by atoms with E-state index in [0.29, 0.717) is 5.56 Å². The van der Waals surface area contributed by atoms with Gasteiger partial charge in [0.2, 0.25) is 10.0 Å². The van der Waals surface area contributed by atoms with Crippen molar-refractivity contribution in [3.05, 3.63) is 29.8 Å². The van der Waals surface area contributed by atoms with Gasteiger partial charge in [-0.25, -0.2) is 13.1 Å². The number of benzene rings is 1. The maximum Gasteiger partial charge on any atom is 0.264 e. The lowest BCUT2D eigenvalue weighted by Crippen LogP contribution is -2.39. The molecule has 0 aliphatic heterocycles. The Morgan fingerprint density at radius 2 is 1.91 bits per heavy atom. The van der Waals surface area contributed by atoms with Crippen LogP contribution in [0.3, 0.4) is 0 Å². The topological polar surface area (TPSA) is 75.7 Å². The number of nitrogens with one attached hydrogen (secondary N) is 1. The molecule has 0 radical (unpaired) electrons. The molecule has 124 valence electrons. The summed E-state index contributed by atoms with van der Waals surface area (Å²) in [6, 6.07) is 6.84. The molecule has 1 aromatic carbocycles. The second kappa shape index (κ2) is 8.14. The molecule has 0 aromatic heterocycles. The highest BCUT2D eigenvalue weighted by molar-refractivity contribution is 7.90. The highest BCUT2D eigenvalue weighted by atomic mass is 32.2. The molecular formula is C15H24N2O4S. The lowest BCUT2D eigenvalue weighted by molar-refractivity contribution is 0.0980. The number of amides is 1. The van der Waals surface area contributed by atoms with Gasteiger partial charge in [0.25, 0.3) is 5.91 Å². The second-order valence-corrected chi connectivity index (χ2v) is 7.31. The third-order valence-electron chi connectivity index (χ3n) is 3.30. The largest absolute Gasteiger partial charge is 0.383 e. The molecule has 1 unspecified atom stereocenters. The van der Waals surface area contributed by atoms with Crippen LogP contribution in [0.1, 0.15) is 30.6 Å². The first-order chi connectivity index (χ1) is 10.3. The van der Waals surface area contributed by atoms with Crippen molar-refractivity contribution in [1.29, 1.82) is 0 Å². The minimum atomic E-state index is -3.74. The van der Waals surface area contributed by atoms with Crippen LogP contribution in [-0.4, -0.2) is 46.9 Å². The number of sulfonamides is 1. The van der Waals surface area contributed by atoms with E-state index < -0.39 is 21.2 Å². The molecule has 1 amide bonds. The average molecular weight is 328 g/mol. The Hall–Kier alpha value is -1.60. The molecule has 1 aromatic rings. The van der Waals surface area contributed by atoms with Crippen molar-refractivity contribution in [1.82, 2.24) is 4.72 Å². The van der Waals surface area contributed by atoms with E-state index in [1.165, 1.54) is 14.0 Å². The summed E-state index contributed by atoms with van der Waals surface area (Å²) >= 11 is 0. The average Bonchev–Trinajstić information content (AvgIpc) is 2.47. The van der Waals surface area contributed by atoms with Crippen molar-refractivity contribution in [2.45, 2.75) is 25.5 Å². The van der Waals surface area contributed by atoms with E-state index in [1.54, 1.807) is 24.3 Å². The zero-order chi connectivity index (χ0) is 16.8. The van der Waals surface area contributed by atoms with Gasteiger partial charge in [-0.2, -0.15) is 0 Å². The molecule has 0 aliphatic rings. The van der Waals surface area contributed by atoms with Crippen molar-refractivity contribution in [2.75, 3.05) is 32.2 Å². The van der Waals surface area contributed by atoms with Crippen LogP contribution in [0.2, 0.25) is 0 Å². The molecule has 0 saturated carbocycles. The summed E-state index contributed by atoms with van der Waals surface area (Å²) < 4.78 is 30.8. The summed E-state index contributed by atoms with van der Waals surface area (Å²) in [7, 11) is -0.356. The molecule has 0 spiro atoms. The second-order valence-electron chi connectivity index (χ2n) is 5.21. The smallest absolute Gasteiger partial charge is 0.264 e. The number of carbonyl (C=O) groups is 1. The number of hydrogen-bond acceptors (Lipinski definition) is 5. The van der Waals surface area contributed by atoms with Gasteiger partial charge in [-0.1, -0.05) is 6.92 Å². The van der Waals surface area contributed by atoms with Gasteiger partial charge < -0.3 is 9.64 Å². The van der Waals surface area contributed by atoms with Crippen LogP contribution in [0.5, 0.6) is 0 Å². The quantitative estimate of drug-likeness (QED) is 0.785. The standard InChI is InChI=1S/C15H24N2O4S/c1-5-10-17(3)14-8-6-13(7-9-14)15(18)16-22(19,20)12(2)11-21-4/h6-9,12H,5,10-11H2,1-4H3,(H,16,18). The van der Waals surface area contributed by atoms with E-state index in [-0.39, 0.29) is 6.61 Å². The predicted octanol–water partition coefficient (Wildman–Crippen LogP) is 1.63. The summed E-state index contributed by atoms with van der Waals surface area (Å²) in [5, 5.41) is -0.795. The van der Waals surface area contributed by atoms with Gasteiger partial charge >= 0.3 is 0 Å². The van der Waals surface area contributed by atoms with Gasteiger partial charge in [-0.15, -0.1) is 0 Å². The summed E-state index contributed by atoms with van der Waals surface area (Å²) in [6.45, 7) is 4.52. The van der Waals surface area contributed by atoms with Crippen molar-refractivity contribution >= 4 is 21.6 Å². The fourth-order valence-corrected chi connectivity index (χ4v) is 2.84. The predicted molar refractivity (Wildman–Crippen MR) is 87.7 cm³/mol. The lowest BCUT2D eigenvalue weighted by Gasteiger charge is -2.18. The third-order valence-corrected chi connectivity index (χ3v) is 4.96. The van der Waals surface area contributed by atoms with Gasteiger partial charge in [0.15, 0.2) is 0 Å². The SMILES string of the molecule is CCCN(C)c1ccc(C(=O)NS(=O)(=O)C(C)COC)cc1. The van der Waals surface area contributed by atoms with Crippen LogP contribution < -0.4 is 9.62 Å². The third kappa shape index (κ3) is 4.99. The van der Waals surface area contributed by atoms with Crippen LogP contribution >= 0.6 is 0 Å². The zero-order valence-corrected chi connectivity index (χ0v) is 14.3. The van der Waals surface area contributed by atoms with Gasteiger partial charge in [-0.05, 0) is 37.6 Å². The Morgan fingerprint density at radius 3 is 2.41 bits per heavy atom. The van der Waals surface area contributed by atoms with Crippen molar-refractivity contribution in [3.63, 3.8) is 0 Å². The Balaban J connectivity index is 2.78. The normalized spacial score (nSPS) is 12.7. The van der Waals surface area contributed by atoms with E-state index >= 15 is 0 Å². The molecule has 7 heteroatoms. The number of carbonyl (C=O) groups excluding carboxylic acids is 1. The Morgan fingerprint density at radius 1 is 1.32 bits per heavy atom. The monoisotopic (exact) mass is 328 g/mol. The Kier molecular flexibility index (Phi) is 6.83. The molecule has 6 nitrogen and oxygen atoms in total. The highest BCUT2D eigenvalue weighted by Gasteiger charge is 2.23. The molecular weight excluding hydrogens is 304 g/mol. The zero-order valence-electron chi connectivity index (χ0n) is 13.5. The maximum absolute atomic E-state index is 12.0. The molecule has 22 heavy (non-hydrogen) atoms. The summed E-state index contributed by atoms with van der Waals surface area (Å²) in [4.78, 5) is 14.1. The van der Waals surface area contributed by atoms with Gasteiger partial charge in [0.1, 0.15) is 5.25 Å². The van der Waals surface area contributed by atoms with Crippen LogP contribution in [-0.2, 0) is 14.8 Å². The fourth-order valence-electron chi connectivity index (χ4n) is 1.94. The molecule has 0 fully saturated rings. The van der Waals surface area contributed by atoms with Crippen LogP contribution in [0.15, 0.2) is 24.3 Å². The van der Waals surface area contributed by atoms with Gasteiger partial charge in [-0.3, -0.25) is 4.79 Å². The number of nitrogens with zero attached hydrogens (tertiary/aromatic N) is 1. The first kappa shape index (κ1) is 18.4. The summed E-state index contributed by atoms with van der Waals surface area (Å²) in [5.41, 5.74) is 1.29. The first-order valence-corrected chi connectivity index (χ1v) is 8.72. The van der Waals surface area contributed by atoms with Crippen molar-refractivity contribution in [3.8, 4) is 0 Å². The number of rotatable bonds is 8. The molecule has 0 saturated heterocycles. The number of hydrogen-bond donors (Lipinski definition) is 1. The minimum Gasteiger partial charge on any atom is -0.383 e. The van der Waals surface area contributed by atoms with Crippen LogP contribution in [0.4, 0.5) is 5.69 Å². The fraction of sp³-hybridized carbons (Fsp3) is 0.533. The summed E-state index contributed by atoms with van der Waals surface area (Å²) in [6.07, 6.45) is 1.02. The van der Waals surface area contributed by atoms with Crippen LogP contribution in [0.25, 0.3) is 0 Å². The van der Waals surface area contributed by atoms with Gasteiger partial charge in [0, 0.05) is 32.0 Å². The highest BCUT2D eigenvalue weighted by Crippen LogP contribution is 2.14. The maximum atomic E-state index is 12.0. The number of methoxy groups -OCH3 is 1. The lowest BCUT2D eigenvalue weighted by atomic mass is 10.2. The van der Waals surface area contributed by atoms with E-state index in [0.717, 1.165) is 18.7 Å². The molecule has 1 N–H and O–H groups in total. The minimum absolute atomic E-state index is 0.0311. The number of ether oxygens (including phenoxy) is 1. The van der Waals surface area contributed by atoms with Crippen molar-refractivity contribution < 1.29 is 17.9 Å². The van der Waals surface area contributed by atoms with E-state index in [1.807, 2.05) is 7.05 Å². The molecule has 0 heterocycles. The Labute approximate surface area is 132 Å². The van der Waals surface area contributed by atoms with E-state index in [2.05, 4.69) is 16.5 Å².